The molecule has 0 heterocycles. The van der Waals surface area contributed by atoms with Crippen LogP contribution in [0.1, 0.15) is 12.0 Å². The van der Waals surface area contributed by atoms with Gasteiger partial charge in [-0.25, -0.2) is 0 Å². The van der Waals surface area contributed by atoms with Crippen LogP contribution in [0.5, 0.6) is 0 Å². The highest BCUT2D eigenvalue weighted by Crippen LogP contribution is 2.25. The van der Waals surface area contributed by atoms with E-state index in [4.69, 9.17) is 10.5 Å². The Labute approximate surface area is 112 Å². The molecule has 0 amide bonds. The van der Waals surface area contributed by atoms with Crippen molar-refractivity contribution in [3.05, 3.63) is 60.2 Å². The minimum absolute atomic E-state index is 0.453. The fraction of sp³-hybridized carbons (Fsp3) is 0.125. The van der Waals surface area contributed by atoms with Crippen LogP contribution in [-0.2, 0) is 0 Å². The minimum atomic E-state index is 0.453. The Hall–Kier alpha value is -2.78. The Morgan fingerprint density at radius 3 is 2.05 bits per heavy atom. The molecule has 3 nitrogen and oxygen atoms in total. The largest absolute Gasteiger partial charge is 0.340 e. The van der Waals surface area contributed by atoms with Crippen LogP contribution < -0.4 is 4.90 Å². The Morgan fingerprint density at radius 1 is 0.842 bits per heavy atom. The van der Waals surface area contributed by atoms with E-state index in [0.29, 0.717) is 18.5 Å². The SMILES string of the molecule is N#CCCN(c1ccccc1)c1ccc(C#N)cc1. The molecule has 2 rings (SSSR count). The van der Waals surface area contributed by atoms with Crippen LogP contribution in [0, 0.1) is 22.7 Å². The maximum atomic E-state index is 8.82. The van der Waals surface area contributed by atoms with Crippen molar-refractivity contribution in [2.45, 2.75) is 6.42 Å². The molecular formula is C16H13N3. The van der Waals surface area contributed by atoms with Crippen molar-refractivity contribution in [2.75, 3.05) is 11.4 Å². The molecule has 0 N–H and O–H groups in total. The summed E-state index contributed by atoms with van der Waals surface area (Å²) < 4.78 is 0. The highest BCUT2D eigenvalue weighted by molar-refractivity contribution is 5.63. The maximum Gasteiger partial charge on any atom is 0.0991 e. The lowest BCUT2D eigenvalue weighted by atomic mass is 10.2. The molecule has 0 bridgehead atoms. The lowest BCUT2D eigenvalue weighted by Gasteiger charge is -2.24. The summed E-state index contributed by atoms with van der Waals surface area (Å²) in [4.78, 5) is 2.07. The van der Waals surface area contributed by atoms with Crippen molar-refractivity contribution in [3.63, 3.8) is 0 Å². The maximum absolute atomic E-state index is 8.82. The number of anilines is 2. The molecule has 0 atom stereocenters. The zero-order valence-electron chi connectivity index (χ0n) is 10.5. The van der Waals surface area contributed by atoms with Gasteiger partial charge >= 0.3 is 0 Å². The molecule has 0 aliphatic heterocycles. The van der Waals surface area contributed by atoms with Crippen molar-refractivity contribution in [1.29, 1.82) is 10.5 Å². The highest BCUT2D eigenvalue weighted by atomic mass is 15.1. The first-order chi connectivity index (χ1) is 9.35. The van der Waals surface area contributed by atoms with Crippen molar-refractivity contribution >= 4 is 11.4 Å². The molecule has 0 saturated carbocycles. The molecule has 0 aliphatic rings. The van der Waals surface area contributed by atoms with Crippen LogP contribution in [0.3, 0.4) is 0 Å². The Morgan fingerprint density at radius 2 is 1.47 bits per heavy atom. The topological polar surface area (TPSA) is 50.8 Å². The third-order valence-corrected chi connectivity index (χ3v) is 2.82. The van der Waals surface area contributed by atoms with Gasteiger partial charge in [0.05, 0.1) is 24.1 Å². The predicted octanol–water partition coefficient (Wildman–Crippen LogP) is 3.61. The van der Waals surface area contributed by atoms with Crippen LogP contribution in [-0.4, -0.2) is 6.54 Å². The van der Waals surface area contributed by atoms with Gasteiger partial charge in [-0.15, -0.1) is 0 Å². The van der Waals surface area contributed by atoms with Crippen molar-refractivity contribution < 1.29 is 0 Å². The summed E-state index contributed by atoms with van der Waals surface area (Å²) >= 11 is 0. The average molecular weight is 247 g/mol. The number of hydrogen-bond acceptors (Lipinski definition) is 3. The molecule has 0 fully saturated rings. The zero-order chi connectivity index (χ0) is 13.5. The second kappa shape index (κ2) is 6.23. The monoisotopic (exact) mass is 247 g/mol. The number of nitriles is 2. The first-order valence-electron chi connectivity index (χ1n) is 6.05. The lowest BCUT2D eigenvalue weighted by molar-refractivity contribution is 0.948. The molecule has 0 unspecified atom stereocenters. The lowest BCUT2D eigenvalue weighted by Crippen LogP contribution is -2.17. The first kappa shape index (κ1) is 12.7. The van der Waals surface area contributed by atoms with Crippen LogP contribution >= 0.6 is 0 Å². The van der Waals surface area contributed by atoms with Gasteiger partial charge in [0.25, 0.3) is 0 Å². The van der Waals surface area contributed by atoms with E-state index < -0.39 is 0 Å². The molecule has 0 saturated heterocycles. The number of para-hydroxylation sites is 1. The van der Waals surface area contributed by atoms with E-state index in [1.54, 1.807) is 12.1 Å². The highest BCUT2D eigenvalue weighted by Gasteiger charge is 2.08. The van der Waals surface area contributed by atoms with E-state index in [1.807, 2.05) is 42.5 Å². The van der Waals surface area contributed by atoms with Crippen LogP contribution in [0.4, 0.5) is 11.4 Å². The molecule has 0 radical (unpaired) electrons. The molecule has 19 heavy (non-hydrogen) atoms. The average Bonchev–Trinajstić information content (AvgIpc) is 2.49. The third-order valence-electron chi connectivity index (χ3n) is 2.82. The first-order valence-corrected chi connectivity index (χ1v) is 6.05. The smallest absolute Gasteiger partial charge is 0.0991 e. The fourth-order valence-electron chi connectivity index (χ4n) is 1.89. The Bertz CT molecular complexity index is 603. The van der Waals surface area contributed by atoms with Gasteiger partial charge in [0.1, 0.15) is 0 Å². The quantitative estimate of drug-likeness (QED) is 0.829. The molecule has 0 spiro atoms. The van der Waals surface area contributed by atoms with E-state index in [2.05, 4.69) is 17.0 Å². The number of hydrogen-bond donors (Lipinski definition) is 0. The normalized spacial score (nSPS) is 9.37. The summed E-state index contributed by atoms with van der Waals surface area (Å²) in [5.74, 6) is 0. The van der Waals surface area contributed by atoms with Gasteiger partial charge in [-0.3, -0.25) is 0 Å². The minimum Gasteiger partial charge on any atom is -0.340 e. The van der Waals surface area contributed by atoms with Gasteiger partial charge in [0.2, 0.25) is 0 Å². The fourth-order valence-corrected chi connectivity index (χ4v) is 1.89. The van der Waals surface area contributed by atoms with E-state index in [-0.39, 0.29) is 0 Å². The van der Waals surface area contributed by atoms with Crippen LogP contribution in [0.25, 0.3) is 0 Å². The number of nitrogens with zero attached hydrogens (tertiary/aromatic N) is 3. The van der Waals surface area contributed by atoms with Crippen molar-refractivity contribution in [2.24, 2.45) is 0 Å². The molecule has 0 aromatic heterocycles. The summed E-state index contributed by atoms with van der Waals surface area (Å²) in [5.41, 5.74) is 2.67. The predicted molar refractivity (Wildman–Crippen MR) is 74.8 cm³/mol. The van der Waals surface area contributed by atoms with E-state index >= 15 is 0 Å². The summed E-state index contributed by atoms with van der Waals surface area (Å²) in [7, 11) is 0. The third kappa shape index (κ3) is 3.12. The second-order valence-electron chi connectivity index (χ2n) is 4.05. The number of rotatable bonds is 4. The summed E-state index contributed by atoms with van der Waals surface area (Å²) in [6.45, 7) is 0.631. The summed E-state index contributed by atoms with van der Waals surface area (Å²) in [5, 5.41) is 17.6. The Kier molecular flexibility index (Phi) is 4.16. The van der Waals surface area contributed by atoms with Gasteiger partial charge in [0, 0.05) is 17.9 Å². The zero-order valence-corrected chi connectivity index (χ0v) is 10.5. The van der Waals surface area contributed by atoms with E-state index in [0.717, 1.165) is 11.4 Å². The summed E-state index contributed by atoms with van der Waals surface area (Å²) in [6, 6.07) is 21.6. The Balaban J connectivity index is 2.32. The van der Waals surface area contributed by atoms with Gasteiger partial charge in [0.15, 0.2) is 0 Å². The molecule has 2 aromatic rings. The molecule has 2 aromatic carbocycles. The molecule has 0 aliphatic carbocycles. The van der Waals surface area contributed by atoms with Gasteiger partial charge in [-0.05, 0) is 36.4 Å². The summed E-state index contributed by atoms with van der Waals surface area (Å²) in [6.07, 6.45) is 0.453. The molecule has 92 valence electrons. The van der Waals surface area contributed by atoms with Crippen LogP contribution in [0.2, 0.25) is 0 Å². The standard InChI is InChI=1S/C16H13N3/c17-11-4-12-19(15-5-2-1-3-6-15)16-9-7-14(13-18)8-10-16/h1-3,5-10H,4,12H2. The van der Waals surface area contributed by atoms with Crippen molar-refractivity contribution in [1.82, 2.24) is 0 Å². The van der Waals surface area contributed by atoms with Gasteiger partial charge in [-0.2, -0.15) is 10.5 Å². The van der Waals surface area contributed by atoms with E-state index in [9.17, 15) is 0 Å². The second-order valence-corrected chi connectivity index (χ2v) is 4.05. The van der Waals surface area contributed by atoms with E-state index in [1.165, 1.54) is 0 Å². The number of benzene rings is 2. The van der Waals surface area contributed by atoms with Crippen LogP contribution in [0.15, 0.2) is 54.6 Å². The molecular weight excluding hydrogens is 234 g/mol. The molecule has 3 heteroatoms. The van der Waals surface area contributed by atoms with Gasteiger partial charge in [-0.1, -0.05) is 18.2 Å². The van der Waals surface area contributed by atoms with Crippen molar-refractivity contribution in [3.8, 4) is 12.1 Å². The van der Waals surface area contributed by atoms with Gasteiger partial charge < -0.3 is 4.90 Å².